The van der Waals surface area contributed by atoms with E-state index in [1.54, 1.807) is 23.1 Å². The van der Waals surface area contributed by atoms with E-state index >= 15 is 0 Å². The lowest BCUT2D eigenvalue weighted by molar-refractivity contribution is 0.399. The number of aromatic nitrogens is 4. The van der Waals surface area contributed by atoms with Gasteiger partial charge in [-0.2, -0.15) is 0 Å². The Balaban J connectivity index is 1.69. The summed E-state index contributed by atoms with van der Waals surface area (Å²) in [6, 6.07) is 9.92. The molecule has 1 N–H and O–H groups in total. The van der Waals surface area contributed by atoms with Gasteiger partial charge in [0.05, 0.1) is 12.7 Å². The van der Waals surface area contributed by atoms with Gasteiger partial charge in [-0.15, -0.1) is 10.2 Å². The van der Waals surface area contributed by atoms with Crippen molar-refractivity contribution in [3.8, 4) is 16.9 Å². The van der Waals surface area contributed by atoms with E-state index in [4.69, 9.17) is 4.74 Å². The van der Waals surface area contributed by atoms with Crippen LogP contribution < -0.4 is 10.1 Å². The Bertz CT molecular complexity index is 1100. The van der Waals surface area contributed by atoms with Crippen LogP contribution in [0.1, 0.15) is 5.56 Å². The summed E-state index contributed by atoms with van der Waals surface area (Å²) in [5, 5.41) is 11.2. The summed E-state index contributed by atoms with van der Waals surface area (Å²) in [5.74, 6) is -0.946. The predicted molar refractivity (Wildman–Crippen MR) is 96.5 cm³/mol. The molecule has 0 spiro atoms. The standard InChI is InChI=1S/C19H15F2N5O/c1-27-16-4-3-15(20)18(21)14(16)10-23-17-5-2-13(12-6-8-22-9-7-12)19-25-24-11-26(17)19/h2-9,11,23H,10H2,1H3. The molecule has 0 bridgehead atoms. The van der Waals surface area contributed by atoms with Crippen LogP contribution in [0.3, 0.4) is 0 Å². The molecule has 0 saturated heterocycles. The molecular formula is C19H15F2N5O. The Labute approximate surface area is 153 Å². The highest BCUT2D eigenvalue weighted by molar-refractivity contribution is 5.78. The summed E-state index contributed by atoms with van der Waals surface area (Å²) in [7, 11) is 1.41. The average molecular weight is 367 g/mol. The highest BCUT2D eigenvalue weighted by Gasteiger charge is 2.15. The first-order chi connectivity index (χ1) is 13.2. The summed E-state index contributed by atoms with van der Waals surface area (Å²) in [6.45, 7) is 0.0364. The number of halogens is 2. The SMILES string of the molecule is COc1ccc(F)c(F)c1CNc1ccc(-c2ccncc2)c2nncn12. The molecule has 1 aromatic carbocycles. The third kappa shape index (κ3) is 3.05. The molecule has 3 heterocycles. The van der Waals surface area contributed by atoms with Crippen LogP contribution in [0.2, 0.25) is 0 Å². The van der Waals surface area contributed by atoms with Crippen LogP contribution >= 0.6 is 0 Å². The lowest BCUT2D eigenvalue weighted by Crippen LogP contribution is -2.08. The van der Waals surface area contributed by atoms with Crippen molar-refractivity contribution in [3.05, 3.63) is 72.3 Å². The Kier molecular flexibility index (Phi) is 4.37. The lowest BCUT2D eigenvalue weighted by atomic mass is 10.1. The van der Waals surface area contributed by atoms with Crippen LogP contribution in [-0.2, 0) is 6.54 Å². The lowest BCUT2D eigenvalue weighted by Gasteiger charge is -2.14. The number of hydrogen-bond acceptors (Lipinski definition) is 5. The number of fused-ring (bicyclic) bond motifs is 1. The average Bonchev–Trinajstić information content (AvgIpc) is 3.19. The van der Waals surface area contributed by atoms with E-state index in [9.17, 15) is 8.78 Å². The summed E-state index contributed by atoms with van der Waals surface area (Å²) in [4.78, 5) is 4.02. The monoisotopic (exact) mass is 367 g/mol. The molecule has 0 atom stereocenters. The molecule has 6 nitrogen and oxygen atoms in total. The topological polar surface area (TPSA) is 64.3 Å². The molecule has 0 aliphatic heterocycles. The number of ether oxygens (including phenoxy) is 1. The summed E-state index contributed by atoms with van der Waals surface area (Å²) < 4.78 is 34.6. The van der Waals surface area contributed by atoms with Crippen molar-refractivity contribution in [1.29, 1.82) is 0 Å². The van der Waals surface area contributed by atoms with Gasteiger partial charge in [0.2, 0.25) is 0 Å². The number of pyridine rings is 2. The Morgan fingerprint density at radius 1 is 1.07 bits per heavy atom. The van der Waals surface area contributed by atoms with Gasteiger partial charge in [-0.1, -0.05) is 0 Å². The van der Waals surface area contributed by atoms with Gasteiger partial charge in [0.1, 0.15) is 17.9 Å². The van der Waals surface area contributed by atoms with Crippen LogP contribution in [0.15, 0.2) is 55.1 Å². The molecule has 8 heteroatoms. The number of methoxy groups -OCH3 is 1. The van der Waals surface area contributed by atoms with Crippen LogP contribution in [0, 0.1) is 11.6 Å². The molecule has 136 valence electrons. The molecule has 0 fully saturated rings. The first-order valence-corrected chi connectivity index (χ1v) is 8.17. The smallest absolute Gasteiger partial charge is 0.170 e. The highest BCUT2D eigenvalue weighted by atomic mass is 19.2. The van der Waals surface area contributed by atoms with Crippen LogP contribution in [0.25, 0.3) is 16.8 Å². The Hall–Kier alpha value is -3.55. The molecule has 27 heavy (non-hydrogen) atoms. The zero-order chi connectivity index (χ0) is 18.8. The molecular weight excluding hydrogens is 352 g/mol. The van der Waals surface area contributed by atoms with Crippen LogP contribution in [0.5, 0.6) is 5.75 Å². The summed E-state index contributed by atoms with van der Waals surface area (Å²) in [5.41, 5.74) is 2.58. The minimum Gasteiger partial charge on any atom is -0.496 e. The largest absolute Gasteiger partial charge is 0.496 e. The van der Waals surface area contributed by atoms with Gasteiger partial charge in [0.25, 0.3) is 0 Å². The fourth-order valence-corrected chi connectivity index (χ4v) is 2.92. The van der Waals surface area contributed by atoms with Crippen molar-refractivity contribution in [2.24, 2.45) is 0 Å². The second-order valence-corrected chi connectivity index (χ2v) is 5.79. The number of nitrogens with one attached hydrogen (secondary N) is 1. The van der Waals surface area contributed by atoms with Crippen molar-refractivity contribution in [1.82, 2.24) is 19.6 Å². The van der Waals surface area contributed by atoms with Gasteiger partial charge in [-0.05, 0) is 42.0 Å². The van der Waals surface area contributed by atoms with Crippen molar-refractivity contribution in [3.63, 3.8) is 0 Å². The molecule has 0 amide bonds. The summed E-state index contributed by atoms with van der Waals surface area (Å²) >= 11 is 0. The maximum Gasteiger partial charge on any atom is 0.170 e. The number of rotatable bonds is 5. The van der Waals surface area contributed by atoms with Crippen molar-refractivity contribution in [2.75, 3.05) is 12.4 Å². The first-order valence-electron chi connectivity index (χ1n) is 8.17. The second-order valence-electron chi connectivity index (χ2n) is 5.79. The fraction of sp³-hybridized carbons (Fsp3) is 0.105. The van der Waals surface area contributed by atoms with Crippen molar-refractivity contribution < 1.29 is 13.5 Å². The molecule has 4 rings (SSSR count). The van der Waals surface area contributed by atoms with Gasteiger partial charge in [-0.3, -0.25) is 9.38 Å². The normalized spacial score (nSPS) is 10.9. The van der Waals surface area contributed by atoms with Crippen molar-refractivity contribution in [2.45, 2.75) is 6.54 Å². The molecule has 0 unspecified atom stereocenters. The summed E-state index contributed by atoms with van der Waals surface area (Å²) in [6.07, 6.45) is 4.96. The molecule has 0 radical (unpaired) electrons. The zero-order valence-electron chi connectivity index (χ0n) is 14.4. The Morgan fingerprint density at radius 2 is 1.89 bits per heavy atom. The van der Waals surface area contributed by atoms with E-state index in [1.807, 2.05) is 24.3 Å². The fourth-order valence-electron chi connectivity index (χ4n) is 2.92. The minimum atomic E-state index is -0.935. The maximum absolute atomic E-state index is 14.2. The molecule has 4 aromatic rings. The van der Waals surface area contributed by atoms with Crippen LogP contribution in [-0.4, -0.2) is 26.7 Å². The third-order valence-electron chi connectivity index (χ3n) is 4.27. The Morgan fingerprint density at radius 3 is 2.67 bits per heavy atom. The number of nitrogens with zero attached hydrogens (tertiary/aromatic N) is 4. The first kappa shape index (κ1) is 16.9. The van der Waals surface area contributed by atoms with E-state index < -0.39 is 11.6 Å². The third-order valence-corrected chi connectivity index (χ3v) is 4.27. The van der Waals surface area contributed by atoms with E-state index in [1.165, 1.54) is 13.2 Å². The molecule has 3 aromatic heterocycles. The van der Waals surface area contributed by atoms with Crippen molar-refractivity contribution >= 4 is 11.5 Å². The van der Waals surface area contributed by atoms with Crippen LogP contribution in [0.4, 0.5) is 14.6 Å². The van der Waals surface area contributed by atoms with Gasteiger partial charge in [-0.25, -0.2) is 8.78 Å². The van der Waals surface area contributed by atoms with Gasteiger partial charge in [0, 0.05) is 24.5 Å². The van der Waals surface area contributed by atoms with E-state index in [-0.39, 0.29) is 17.9 Å². The van der Waals surface area contributed by atoms with Gasteiger partial charge in [0.15, 0.2) is 17.3 Å². The molecule has 0 aliphatic carbocycles. The zero-order valence-corrected chi connectivity index (χ0v) is 14.4. The van der Waals surface area contributed by atoms with E-state index in [2.05, 4.69) is 20.5 Å². The quantitative estimate of drug-likeness (QED) is 0.583. The number of anilines is 1. The predicted octanol–water partition coefficient (Wildman–Crippen LogP) is 3.69. The van der Waals surface area contributed by atoms with Gasteiger partial charge >= 0.3 is 0 Å². The maximum atomic E-state index is 14.2. The number of hydrogen-bond donors (Lipinski definition) is 1. The van der Waals surface area contributed by atoms with E-state index in [0.717, 1.165) is 17.2 Å². The highest BCUT2D eigenvalue weighted by Crippen LogP contribution is 2.27. The number of benzene rings is 1. The molecule has 0 aliphatic rings. The minimum absolute atomic E-state index is 0.0364. The second kappa shape index (κ2) is 6.99. The molecule has 0 saturated carbocycles. The van der Waals surface area contributed by atoms with E-state index in [0.29, 0.717) is 11.5 Å². The van der Waals surface area contributed by atoms with Gasteiger partial charge < -0.3 is 10.1 Å².